The summed E-state index contributed by atoms with van der Waals surface area (Å²) in [5.74, 6) is -0.839. The van der Waals surface area contributed by atoms with E-state index >= 15 is 0 Å². The largest absolute Gasteiger partial charge is 0.416 e. The number of nitrogens with zero attached hydrogens (tertiary/aromatic N) is 1. The molecule has 2 rings (SSSR count). The number of rotatable bonds is 3. The molecule has 0 aliphatic carbocycles. The molecule has 0 aromatic heterocycles. The van der Waals surface area contributed by atoms with Crippen LogP contribution in [0.3, 0.4) is 0 Å². The van der Waals surface area contributed by atoms with Crippen molar-refractivity contribution in [2.24, 2.45) is 5.73 Å². The fraction of sp³-hybridized carbons (Fsp3) is 0.500. The third-order valence-electron chi connectivity index (χ3n) is 3.69. The van der Waals surface area contributed by atoms with E-state index in [9.17, 15) is 31.2 Å². The molecule has 1 aliphatic rings. The summed E-state index contributed by atoms with van der Waals surface area (Å²) >= 11 is 0. The van der Waals surface area contributed by atoms with Crippen molar-refractivity contribution < 1.29 is 35.7 Å². The molecule has 0 radical (unpaired) electrons. The summed E-state index contributed by atoms with van der Waals surface area (Å²) in [5.41, 5.74) is 5.03. The molecule has 1 aromatic carbocycles. The Morgan fingerprint density at radius 3 is 2.29 bits per heavy atom. The lowest BCUT2D eigenvalue weighted by Gasteiger charge is -2.30. The Morgan fingerprint density at radius 1 is 1.29 bits per heavy atom. The standard InChI is InChI=1S/C15H18F3N3O2.CH4O3S/c16-15(17,18)11-5-3-10(4-6-11)14(23)20-8-13(22)21-7-1-2-12(19)9-21;1-5(2,3)4/h3-6,12H,1-2,7-9,19H2,(H,20,23);1H3,(H,2,3,4). The van der Waals surface area contributed by atoms with E-state index in [0.29, 0.717) is 19.3 Å². The van der Waals surface area contributed by atoms with Crippen LogP contribution in [0, 0.1) is 0 Å². The summed E-state index contributed by atoms with van der Waals surface area (Å²) in [4.78, 5) is 25.4. The van der Waals surface area contributed by atoms with Gasteiger partial charge in [-0.3, -0.25) is 14.1 Å². The van der Waals surface area contributed by atoms with Gasteiger partial charge in [-0.2, -0.15) is 21.6 Å². The molecular weight excluding hydrogens is 403 g/mol. The van der Waals surface area contributed by atoms with E-state index in [0.717, 1.165) is 37.1 Å². The van der Waals surface area contributed by atoms with E-state index < -0.39 is 27.8 Å². The molecule has 4 N–H and O–H groups in total. The van der Waals surface area contributed by atoms with Gasteiger partial charge in [0.2, 0.25) is 5.91 Å². The Kier molecular flexibility index (Phi) is 8.39. The van der Waals surface area contributed by atoms with E-state index in [-0.39, 0.29) is 24.1 Å². The van der Waals surface area contributed by atoms with Gasteiger partial charge in [0.05, 0.1) is 18.4 Å². The molecule has 0 spiro atoms. The van der Waals surface area contributed by atoms with Gasteiger partial charge < -0.3 is 16.0 Å². The first kappa shape index (κ1) is 23.9. The molecule has 0 bridgehead atoms. The van der Waals surface area contributed by atoms with Crippen LogP contribution in [0.15, 0.2) is 24.3 Å². The normalized spacial score (nSPS) is 17.4. The second-order valence-corrected chi connectivity index (χ2v) is 7.70. The fourth-order valence-electron chi connectivity index (χ4n) is 2.42. The molecule has 1 heterocycles. The molecule has 1 atom stereocenters. The third-order valence-corrected chi connectivity index (χ3v) is 3.69. The number of alkyl halides is 3. The van der Waals surface area contributed by atoms with E-state index in [1.54, 1.807) is 4.90 Å². The number of piperidine rings is 1. The maximum atomic E-state index is 12.5. The van der Waals surface area contributed by atoms with E-state index in [1.165, 1.54) is 0 Å². The molecule has 158 valence electrons. The topological polar surface area (TPSA) is 130 Å². The van der Waals surface area contributed by atoms with Crippen molar-refractivity contribution in [3.8, 4) is 0 Å². The minimum Gasteiger partial charge on any atom is -0.343 e. The molecule has 1 aromatic rings. The zero-order chi connectivity index (χ0) is 21.5. The average Bonchev–Trinajstić information content (AvgIpc) is 2.57. The monoisotopic (exact) mass is 425 g/mol. The van der Waals surface area contributed by atoms with Gasteiger partial charge in [0, 0.05) is 24.7 Å². The van der Waals surface area contributed by atoms with Crippen LogP contribution in [0.5, 0.6) is 0 Å². The van der Waals surface area contributed by atoms with Crippen LogP contribution in [0.2, 0.25) is 0 Å². The molecule has 0 saturated carbocycles. The molecule has 28 heavy (non-hydrogen) atoms. The highest BCUT2D eigenvalue weighted by atomic mass is 32.2. The first-order valence-corrected chi connectivity index (χ1v) is 10.0. The van der Waals surface area contributed by atoms with Crippen LogP contribution in [-0.2, 0) is 21.1 Å². The maximum absolute atomic E-state index is 12.5. The van der Waals surface area contributed by atoms with Gasteiger partial charge in [0.15, 0.2) is 0 Å². The summed E-state index contributed by atoms with van der Waals surface area (Å²) in [7, 11) is -3.67. The minimum absolute atomic E-state index is 0.0571. The van der Waals surface area contributed by atoms with E-state index in [1.807, 2.05) is 0 Å². The second-order valence-electron chi connectivity index (χ2n) is 6.23. The number of nitrogens with one attached hydrogen (secondary N) is 1. The van der Waals surface area contributed by atoms with Gasteiger partial charge >= 0.3 is 6.18 Å². The molecule has 8 nitrogen and oxygen atoms in total. The van der Waals surface area contributed by atoms with Crippen LogP contribution in [0.1, 0.15) is 28.8 Å². The van der Waals surface area contributed by atoms with Crippen molar-refractivity contribution in [3.63, 3.8) is 0 Å². The zero-order valence-electron chi connectivity index (χ0n) is 15.1. The Hall–Kier alpha value is -2.18. The van der Waals surface area contributed by atoms with Crippen LogP contribution in [-0.4, -0.2) is 61.6 Å². The lowest BCUT2D eigenvalue weighted by molar-refractivity contribution is -0.137. The summed E-state index contributed by atoms with van der Waals surface area (Å²) in [6, 6.07) is 3.78. The maximum Gasteiger partial charge on any atom is 0.416 e. The third kappa shape index (κ3) is 9.15. The molecule has 1 fully saturated rings. The number of likely N-dealkylation sites (tertiary alicyclic amines) is 1. The van der Waals surface area contributed by atoms with Crippen LogP contribution in [0.4, 0.5) is 13.2 Å². The molecule has 2 amide bonds. The van der Waals surface area contributed by atoms with Gasteiger partial charge in [0.1, 0.15) is 0 Å². The molecule has 12 heteroatoms. The second kappa shape index (κ2) is 9.85. The first-order valence-electron chi connectivity index (χ1n) is 8.18. The zero-order valence-corrected chi connectivity index (χ0v) is 15.9. The summed E-state index contributed by atoms with van der Waals surface area (Å²) in [6.45, 7) is 0.851. The fourth-order valence-corrected chi connectivity index (χ4v) is 2.42. The van der Waals surface area contributed by atoms with Crippen molar-refractivity contribution in [2.45, 2.75) is 25.1 Å². The number of amides is 2. The number of carbonyl (C=O) groups is 2. The van der Waals surface area contributed by atoms with Gasteiger partial charge in [-0.05, 0) is 37.1 Å². The minimum atomic E-state index is -4.45. The van der Waals surface area contributed by atoms with Crippen molar-refractivity contribution >= 4 is 21.9 Å². The van der Waals surface area contributed by atoms with Crippen LogP contribution >= 0.6 is 0 Å². The lowest BCUT2D eigenvalue weighted by Crippen LogP contribution is -2.48. The van der Waals surface area contributed by atoms with E-state index in [2.05, 4.69) is 5.32 Å². The molecule has 1 aliphatic heterocycles. The molecule has 1 unspecified atom stereocenters. The highest BCUT2D eigenvalue weighted by Gasteiger charge is 2.30. The molecule has 1 saturated heterocycles. The van der Waals surface area contributed by atoms with Crippen LogP contribution < -0.4 is 11.1 Å². The van der Waals surface area contributed by atoms with Crippen molar-refractivity contribution in [2.75, 3.05) is 25.9 Å². The Morgan fingerprint density at radius 2 is 1.82 bits per heavy atom. The number of benzene rings is 1. The number of halogens is 3. The quantitative estimate of drug-likeness (QED) is 0.617. The van der Waals surface area contributed by atoms with Gasteiger partial charge in [-0.1, -0.05) is 0 Å². The predicted molar refractivity (Wildman–Crippen MR) is 95.0 cm³/mol. The summed E-state index contributed by atoms with van der Waals surface area (Å²) < 4.78 is 63.2. The van der Waals surface area contributed by atoms with Crippen molar-refractivity contribution in [3.05, 3.63) is 35.4 Å². The van der Waals surface area contributed by atoms with E-state index in [4.69, 9.17) is 10.3 Å². The number of carbonyl (C=O) groups excluding carboxylic acids is 2. The van der Waals surface area contributed by atoms with Gasteiger partial charge in [-0.25, -0.2) is 0 Å². The lowest BCUT2D eigenvalue weighted by atomic mass is 10.1. The SMILES string of the molecule is CS(=O)(=O)O.NC1CCCN(C(=O)CNC(=O)c2ccc(C(F)(F)F)cc2)C1. The number of hydrogen-bond acceptors (Lipinski definition) is 5. The van der Waals surface area contributed by atoms with Crippen LogP contribution in [0.25, 0.3) is 0 Å². The predicted octanol–water partition coefficient (Wildman–Crippen LogP) is 0.889. The highest BCUT2D eigenvalue weighted by Crippen LogP contribution is 2.29. The van der Waals surface area contributed by atoms with Crippen molar-refractivity contribution in [1.29, 1.82) is 0 Å². The Balaban J connectivity index is 0.000000696. The Bertz CT molecular complexity index is 774. The summed E-state index contributed by atoms with van der Waals surface area (Å²) in [5, 5.41) is 2.42. The smallest absolute Gasteiger partial charge is 0.343 e. The Labute approximate surface area is 160 Å². The van der Waals surface area contributed by atoms with Crippen molar-refractivity contribution in [1.82, 2.24) is 10.2 Å². The highest BCUT2D eigenvalue weighted by molar-refractivity contribution is 7.85. The number of hydrogen-bond donors (Lipinski definition) is 3. The van der Waals surface area contributed by atoms with Gasteiger partial charge in [-0.15, -0.1) is 0 Å². The van der Waals surface area contributed by atoms with Gasteiger partial charge in [0.25, 0.3) is 16.0 Å². The average molecular weight is 425 g/mol. The molecular formula is C16H22F3N3O5S. The number of nitrogens with two attached hydrogens (primary N) is 1. The summed E-state index contributed by atoms with van der Waals surface area (Å²) in [6.07, 6.45) is -2.05. The first-order chi connectivity index (χ1) is 12.8.